The van der Waals surface area contributed by atoms with Gasteiger partial charge in [-0.15, -0.1) is 0 Å². The van der Waals surface area contributed by atoms with Gasteiger partial charge in [-0.1, -0.05) is 11.6 Å². The molecular weight excluding hydrogens is 382 g/mol. The van der Waals surface area contributed by atoms with Gasteiger partial charge < -0.3 is 10.5 Å². The van der Waals surface area contributed by atoms with Gasteiger partial charge in [-0.05, 0) is 19.1 Å². The van der Waals surface area contributed by atoms with Crippen LogP contribution in [0.4, 0.5) is 13.6 Å². The smallest absolute Gasteiger partial charge is 0.324 e. The molecule has 0 bridgehead atoms. The average Bonchev–Trinajstić information content (AvgIpc) is 3.08. The molecule has 0 aliphatic heterocycles. The van der Waals surface area contributed by atoms with Gasteiger partial charge >= 0.3 is 6.03 Å². The lowest BCUT2D eigenvalue weighted by molar-refractivity contribution is 0.250. The molecule has 27 heavy (non-hydrogen) atoms. The number of aryl methyl sites for hydroxylation is 1. The Bertz CT molecular complexity index is 1090. The number of amides is 1. The standard InChI is InChI=1S/C17H13ClF2N4O3/c1-9-4-13(27-7-10-2-3-11(19)5-12(10)20)15(18)16(25)24(9)14-6-23(8-22-14)17(21)26/h2-6,8H,7H2,1H3,(H2,21,26). The minimum atomic E-state index is -0.770. The maximum absolute atomic E-state index is 13.7. The van der Waals surface area contributed by atoms with Gasteiger partial charge in [0, 0.05) is 23.4 Å². The van der Waals surface area contributed by atoms with Crippen molar-refractivity contribution in [1.29, 1.82) is 0 Å². The zero-order chi connectivity index (χ0) is 19.7. The first kappa shape index (κ1) is 18.6. The number of primary amides is 1. The Labute approximate surface area is 156 Å². The Morgan fingerprint density at radius 2 is 2.07 bits per heavy atom. The fraction of sp³-hybridized carbons (Fsp3) is 0.118. The number of ether oxygens (including phenoxy) is 1. The molecule has 0 aliphatic rings. The monoisotopic (exact) mass is 394 g/mol. The molecule has 3 rings (SSSR count). The van der Waals surface area contributed by atoms with E-state index in [0.717, 1.165) is 16.7 Å². The van der Waals surface area contributed by atoms with E-state index < -0.39 is 23.2 Å². The number of imidazole rings is 1. The Hall–Kier alpha value is -3.20. The van der Waals surface area contributed by atoms with Gasteiger partial charge in [-0.2, -0.15) is 0 Å². The number of benzene rings is 1. The predicted octanol–water partition coefficient (Wildman–Crippen LogP) is 2.78. The van der Waals surface area contributed by atoms with Crippen LogP contribution in [0.5, 0.6) is 5.75 Å². The summed E-state index contributed by atoms with van der Waals surface area (Å²) in [7, 11) is 0. The summed E-state index contributed by atoms with van der Waals surface area (Å²) in [5.74, 6) is -1.29. The number of nitrogens with two attached hydrogens (primary N) is 1. The molecule has 0 radical (unpaired) electrons. The molecule has 0 saturated carbocycles. The number of halogens is 3. The Balaban J connectivity index is 1.92. The number of hydrogen-bond acceptors (Lipinski definition) is 4. The van der Waals surface area contributed by atoms with E-state index in [-0.39, 0.29) is 28.8 Å². The van der Waals surface area contributed by atoms with Gasteiger partial charge in [-0.25, -0.2) is 18.6 Å². The predicted molar refractivity (Wildman–Crippen MR) is 93.2 cm³/mol. The second-order valence-corrected chi connectivity index (χ2v) is 5.98. The molecule has 0 unspecified atom stereocenters. The third-order valence-electron chi connectivity index (χ3n) is 3.75. The van der Waals surface area contributed by atoms with Gasteiger partial charge in [0.2, 0.25) is 0 Å². The first-order valence-corrected chi connectivity index (χ1v) is 7.98. The molecule has 0 atom stereocenters. The minimum absolute atomic E-state index is 0.0356. The van der Waals surface area contributed by atoms with Crippen molar-refractivity contribution >= 4 is 17.6 Å². The lowest BCUT2D eigenvalue weighted by Gasteiger charge is -2.13. The van der Waals surface area contributed by atoms with Gasteiger partial charge in [0.05, 0.1) is 6.20 Å². The number of rotatable bonds is 4. The molecule has 7 nitrogen and oxygen atoms in total. The highest BCUT2D eigenvalue weighted by atomic mass is 35.5. The van der Waals surface area contributed by atoms with E-state index >= 15 is 0 Å². The van der Waals surface area contributed by atoms with Crippen molar-refractivity contribution in [2.45, 2.75) is 13.5 Å². The molecule has 1 amide bonds. The summed E-state index contributed by atoms with van der Waals surface area (Å²) in [6.07, 6.45) is 2.45. The van der Waals surface area contributed by atoms with Crippen molar-refractivity contribution in [1.82, 2.24) is 14.1 Å². The number of carbonyl (C=O) groups excluding carboxylic acids is 1. The second-order valence-electron chi connectivity index (χ2n) is 5.61. The average molecular weight is 395 g/mol. The van der Waals surface area contributed by atoms with Crippen LogP contribution in [0.15, 0.2) is 41.6 Å². The first-order chi connectivity index (χ1) is 12.8. The van der Waals surface area contributed by atoms with Gasteiger partial charge in [0.25, 0.3) is 5.56 Å². The number of pyridine rings is 1. The molecule has 1 aromatic carbocycles. The molecule has 2 aromatic heterocycles. The number of hydrogen-bond donors (Lipinski definition) is 1. The molecule has 2 N–H and O–H groups in total. The van der Waals surface area contributed by atoms with E-state index in [1.54, 1.807) is 6.92 Å². The van der Waals surface area contributed by atoms with Crippen LogP contribution in [0.1, 0.15) is 11.3 Å². The molecule has 10 heteroatoms. The second kappa shape index (κ2) is 7.20. The molecule has 0 fully saturated rings. The molecule has 140 valence electrons. The SMILES string of the molecule is Cc1cc(OCc2ccc(F)cc2F)c(Cl)c(=O)n1-c1cn(C(N)=O)cn1. The molecule has 3 aromatic rings. The summed E-state index contributed by atoms with van der Waals surface area (Å²) < 4.78 is 34.3. The number of aromatic nitrogens is 3. The highest BCUT2D eigenvalue weighted by Gasteiger charge is 2.16. The Morgan fingerprint density at radius 1 is 1.33 bits per heavy atom. The zero-order valence-corrected chi connectivity index (χ0v) is 14.7. The Morgan fingerprint density at radius 3 is 2.70 bits per heavy atom. The molecule has 0 spiro atoms. The number of nitrogens with zero attached hydrogens (tertiary/aromatic N) is 3. The molecular formula is C17H13ClF2N4O3. The van der Waals surface area contributed by atoms with Crippen LogP contribution in [-0.2, 0) is 6.61 Å². The molecule has 2 heterocycles. The Kier molecular flexibility index (Phi) is 4.95. The minimum Gasteiger partial charge on any atom is -0.487 e. The highest BCUT2D eigenvalue weighted by Crippen LogP contribution is 2.24. The summed E-state index contributed by atoms with van der Waals surface area (Å²) in [6, 6.07) is 3.78. The van der Waals surface area contributed by atoms with Crippen LogP contribution in [-0.4, -0.2) is 20.1 Å². The third kappa shape index (κ3) is 3.68. The van der Waals surface area contributed by atoms with Crippen molar-refractivity contribution in [3.8, 4) is 11.6 Å². The summed E-state index contributed by atoms with van der Waals surface area (Å²) in [5, 5.41) is -0.253. The fourth-order valence-electron chi connectivity index (χ4n) is 2.41. The normalized spacial score (nSPS) is 10.8. The summed E-state index contributed by atoms with van der Waals surface area (Å²) in [5.41, 5.74) is 5.03. The van der Waals surface area contributed by atoms with Crippen LogP contribution in [0, 0.1) is 18.6 Å². The third-order valence-corrected chi connectivity index (χ3v) is 4.10. The molecule has 0 aliphatic carbocycles. The van der Waals surface area contributed by atoms with Crippen molar-refractivity contribution in [3.05, 3.63) is 75.1 Å². The highest BCUT2D eigenvalue weighted by molar-refractivity contribution is 6.31. The van der Waals surface area contributed by atoms with E-state index in [2.05, 4.69) is 4.98 Å². The van der Waals surface area contributed by atoms with E-state index in [9.17, 15) is 18.4 Å². The fourth-order valence-corrected chi connectivity index (χ4v) is 2.61. The van der Waals surface area contributed by atoms with Crippen LogP contribution in [0.25, 0.3) is 5.82 Å². The lowest BCUT2D eigenvalue weighted by Crippen LogP contribution is -2.22. The van der Waals surface area contributed by atoms with Crippen LogP contribution in [0.2, 0.25) is 5.02 Å². The maximum Gasteiger partial charge on any atom is 0.324 e. The van der Waals surface area contributed by atoms with Gasteiger partial charge in [0.1, 0.15) is 35.3 Å². The van der Waals surface area contributed by atoms with Crippen LogP contribution in [0.3, 0.4) is 0 Å². The first-order valence-electron chi connectivity index (χ1n) is 7.61. The van der Waals surface area contributed by atoms with E-state index in [0.29, 0.717) is 5.69 Å². The van der Waals surface area contributed by atoms with E-state index in [4.69, 9.17) is 22.1 Å². The van der Waals surface area contributed by atoms with Gasteiger partial charge in [0.15, 0.2) is 5.82 Å². The summed E-state index contributed by atoms with van der Waals surface area (Å²) >= 11 is 6.08. The van der Waals surface area contributed by atoms with E-state index in [1.165, 1.54) is 29.2 Å². The lowest BCUT2D eigenvalue weighted by atomic mass is 10.2. The quantitative estimate of drug-likeness (QED) is 0.736. The van der Waals surface area contributed by atoms with Crippen LogP contribution < -0.4 is 16.0 Å². The van der Waals surface area contributed by atoms with Crippen LogP contribution >= 0.6 is 11.6 Å². The topological polar surface area (TPSA) is 92.1 Å². The maximum atomic E-state index is 13.7. The molecule has 0 saturated heterocycles. The number of carbonyl (C=O) groups is 1. The van der Waals surface area contributed by atoms with Crippen molar-refractivity contribution < 1.29 is 18.3 Å². The van der Waals surface area contributed by atoms with Crippen molar-refractivity contribution in [3.63, 3.8) is 0 Å². The summed E-state index contributed by atoms with van der Waals surface area (Å²) in [4.78, 5) is 27.7. The largest absolute Gasteiger partial charge is 0.487 e. The van der Waals surface area contributed by atoms with Crippen molar-refractivity contribution in [2.75, 3.05) is 0 Å². The van der Waals surface area contributed by atoms with Gasteiger partial charge in [-0.3, -0.25) is 13.9 Å². The van der Waals surface area contributed by atoms with E-state index in [1.807, 2.05) is 0 Å². The van der Waals surface area contributed by atoms with Crippen molar-refractivity contribution in [2.24, 2.45) is 5.73 Å². The summed E-state index contributed by atoms with van der Waals surface area (Å²) in [6.45, 7) is 1.36. The zero-order valence-electron chi connectivity index (χ0n) is 13.9.